The minimum atomic E-state index is -0.0439. The maximum absolute atomic E-state index is 12.1. The Bertz CT molecular complexity index is 389. The van der Waals surface area contributed by atoms with Crippen molar-refractivity contribution >= 4 is 17.3 Å². The zero-order chi connectivity index (χ0) is 11.5. The summed E-state index contributed by atoms with van der Waals surface area (Å²) in [6.45, 7) is 1.17. The summed E-state index contributed by atoms with van der Waals surface area (Å²) < 4.78 is 5.20. The molecule has 2 rings (SSSR count). The maximum atomic E-state index is 12.1. The van der Waals surface area contributed by atoms with Crippen LogP contribution in [0.5, 0.6) is 0 Å². The van der Waals surface area contributed by atoms with Crippen molar-refractivity contribution in [3.8, 4) is 0 Å². The first-order valence-electron chi connectivity index (χ1n) is 5.25. The number of nitrogens with two attached hydrogens (primary N) is 1. The van der Waals surface area contributed by atoms with Crippen molar-refractivity contribution in [2.45, 2.75) is 6.42 Å². The van der Waals surface area contributed by atoms with Gasteiger partial charge >= 0.3 is 0 Å². The minimum Gasteiger partial charge on any atom is -0.396 e. The molecule has 0 saturated carbocycles. The monoisotopic (exact) mass is 221 g/mol. The second-order valence-electron chi connectivity index (χ2n) is 3.89. The van der Waals surface area contributed by atoms with Crippen LogP contribution < -0.4 is 10.6 Å². The fourth-order valence-corrected chi connectivity index (χ4v) is 1.83. The largest absolute Gasteiger partial charge is 0.396 e. The molecule has 1 aliphatic rings. The Morgan fingerprint density at radius 3 is 3.12 bits per heavy atom. The number of ether oxygens (including phenoxy) is 1. The van der Waals surface area contributed by atoms with Gasteiger partial charge in [-0.1, -0.05) is 0 Å². The highest BCUT2D eigenvalue weighted by Gasteiger charge is 2.27. The summed E-state index contributed by atoms with van der Waals surface area (Å²) >= 11 is 0. The third-order valence-electron chi connectivity index (χ3n) is 2.80. The summed E-state index contributed by atoms with van der Waals surface area (Å²) in [5, 5.41) is 0. The van der Waals surface area contributed by atoms with Gasteiger partial charge in [0, 0.05) is 19.9 Å². The normalized spacial score (nSPS) is 19.7. The van der Waals surface area contributed by atoms with E-state index in [1.165, 1.54) is 0 Å². The zero-order valence-corrected chi connectivity index (χ0v) is 9.22. The van der Waals surface area contributed by atoms with Gasteiger partial charge in [-0.2, -0.15) is 0 Å². The molecule has 1 aromatic heterocycles. The highest BCUT2D eigenvalue weighted by Crippen LogP contribution is 2.23. The van der Waals surface area contributed by atoms with Crippen LogP contribution in [0.15, 0.2) is 18.5 Å². The Kier molecular flexibility index (Phi) is 3.05. The van der Waals surface area contributed by atoms with Gasteiger partial charge in [0.2, 0.25) is 5.91 Å². The molecule has 0 aromatic carbocycles. The molecule has 2 N–H and O–H groups in total. The first-order valence-corrected chi connectivity index (χ1v) is 5.25. The van der Waals surface area contributed by atoms with E-state index in [-0.39, 0.29) is 11.8 Å². The van der Waals surface area contributed by atoms with E-state index >= 15 is 0 Å². The lowest BCUT2D eigenvalue weighted by atomic mass is 10.1. The predicted molar refractivity (Wildman–Crippen MR) is 61.0 cm³/mol. The summed E-state index contributed by atoms with van der Waals surface area (Å²) in [7, 11) is 1.73. The van der Waals surface area contributed by atoms with E-state index < -0.39 is 0 Å². The molecule has 2 heterocycles. The number of carbonyl (C=O) groups excluding carboxylic acids is 1. The van der Waals surface area contributed by atoms with Crippen molar-refractivity contribution in [1.82, 2.24) is 4.98 Å². The number of hydrogen-bond donors (Lipinski definition) is 1. The van der Waals surface area contributed by atoms with E-state index in [2.05, 4.69) is 4.98 Å². The summed E-state index contributed by atoms with van der Waals surface area (Å²) in [6, 6.07) is 1.74. The predicted octanol–water partition coefficient (Wildman–Crippen LogP) is 0.663. The maximum Gasteiger partial charge on any atom is 0.232 e. The Hall–Kier alpha value is -1.62. The average Bonchev–Trinajstić information content (AvgIpc) is 2.81. The van der Waals surface area contributed by atoms with Crippen molar-refractivity contribution < 1.29 is 9.53 Å². The molecular formula is C11H15N3O2. The van der Waals surface area contributed by atoms with Crippen LogP contribution in [0.2, 0.25) is 0 Å². The van der Waals surface area contributed by atoms with E-state index in [0.29, 0.717) is 24.6 Å². The number of amides is 1. The Morgan fingerprint density at radius 2 is 2.50 bits per heavy atom. The number of anilines is 2. The van der Waals surface area contributed by atoms with Crippen LogP contribution in [-0.2, 0) is 9.53 Å². The molecule has 1 amide bonds. The first-order chi connectivity index (χ1) is 7.70. The second kappa shape index (κ2) is 4.49. The van der Waals surface area contributed by atoms with Crippen LogP contribution in [0.1, 0.15) is 6.42 Å². The quantitative estimate of drug-likeness (QED) is 0.796. The van der Waals surface area contributed by atoms with Gasteiger partial charge in [0.15, 0.2) is 0 Å². The van der Waals surface area contributed by atoms with Crippen LogP contribution >= 0.6 is 0 Å². The van der Waals surface area contributed by atoms with Crippen molar-refractivity contribution in [3.63, 3.8) is 0 Å². The third-order valence-corrected chi connectivity index (χ3v) is 2.80. The van der Waals surface area contributed by atoms with Crippen molar-refractivity contribution in [2.24, 2.45) is 5.92 Å². The Balaban J connectivity index is 2.15. The standard InChI is InChI=1S/C11H15N3O2/c1-14(10-2-4-13-6-9(10)12)11(15)8-3-5-16-7-8/h2,4,6,8H,3,5,7,12H2,1H3. The number of hydrogen-bond acceptors (Lipinski definition) is 4. The lowest BCUT2D eigenvalue weighted by molar-refractivity contribution is -0.122. The highest BCUT2D eigenvalue weighted by molar-refractivity contribution is 5.97. The number of nitrogens with zero attached hydrogens (tertiary/aromatic N) is 2. The van der Waals surface area contributed by atoms with E-state index in [0.717, 1.165) is 6.42 Å². The van der Waals surface area contributed by atoms with Crippen LogP contribution in [0, 0.1) is 5.92 Å². The number of rotatable bonds is 2. The van der Waals surface area contributed by atoms with Gasteiger partial charge in [0.25, 0.3) is 0 Å². The molecule has 1 aromatic rings. The summed E-state index contributed by atoms with van der Waals surface area (Å²) in [5.74, 6) is 0.00738. The van der Waals surface area contributed by atoms with Crippen molar-refractivity contribution in [2.75, 3.05) is 30.9 Å². The van der Waals surface area contributed by atoms with Gasteiger partial charge in [-0.15, -0.1) is 0 Å². The molecule has 5 nitrogen and oxygen atoms in total. The van der Waals surface area contributed by atoms with Crippen molar-refractivity contribution in [1.29, 1.82) is 0 Å². The third kappa shape index (κ3) is 1.99. The molecule has 0 bridgehead atoms. The molecule has 0 radical (unpaired) electrons. The number of nitrogen functional groups attached to an aromatic ring is 1. The minimum absolute atomic E-state index is 0.0439. The fourth-order valence-electron chi connectivity index (χ4n) is 1.83. The average molecular weight is 221 g/mol. The van der Waals surface area contributed by atoms with Crippen molar-refractivity contribution in [3.05, 3.63) is 18.5 Å². The van der Waals surface area contributed by atoms with Crippen LogP contribution in [0.4, 0.5) is 11.4 Å². The lowest BCUT2D eigenvalue weighted by Crippen LogP contribution is -2.33. The molecule has 1 aliphatic heterocycles. The number of pyridine rings is 1. The zero-order valence-electron chi connectivity index (χ0n) is 9.22. The SMILES string of the molecule is CN(C(=O)C1CCOC1)c1ccncc1N. The molecule has 1 atom stereocenters. The topological polar surface area (TPSA) is 68.5 Å². The van der Waals surface area contributed by atoms with Gasteiger partial charge in [-0.3, -0.25) is 9.78 Å². The molecule has 1 fully saturated rings. The molecule has 1 unspecified atom stereocenters. The van der Waals surface area contributed by atoms with Gasteiger partial charge in [-0.25, -0.2) is 0 Å². The summed E-state index contributed by atoms with van der Waals surface area (Å²) in [5.41, 5.74) is 6.98. The number of aromatic nitrogens is 1. The molecule has 5 heteroatoms. The Labute approximate surface area is 94.2 Å². The molecular weight excluding hydrogens is 206 g/mol. The molecule has 1 saturated heterocycles. The van der Waals surface area contributed by atoms with Gasteiger partial charge < -0.3 is 15.4 Å². The van der Waals surface area contributed by atoms with E-state index in [4.69, 9.17) is 10.5 Å². The summed E-state index contributed by atoms with van der Waals surface area (Å²) in [6.07, 6.45) is 3.96. The molecule has 0 aliphatic carbocycles. The van der Waals surface area contributed by atoms with Gasteiger partial charge in [0.05, 0.1) is 30.1 Å². The highest BCUT2D eigenvalue weighted by atomic mass is 16.5. The molecule has 86 valence electrons. The van der Waals surface area contributed by atoms with Crippen LogP contribution in [-0.4, -0.2) is 31.2 Å². The first kappa shape index (κ1) is 10.9. The van der Waals surface area contributed by atoms with Gasteiger partial charge in [-0.05, 0) is 12.5 Å². The number of carbonyl (C=O) groups is 1. The fraction of sp³-hybridized carbons (Fsp3) is 0.455. The van der Waals surface area contributed by atoms with E-state index in [1.54, 1.807) is 30.4 Å². The lowest BCUT2D eigenvalue weighted by Gasteiger charge is -2.21. The van der Waals surface area contributed by atoms with E-state index in [1.807, 2.05) is 0 Å². The van der Waals surface area contributed by atoms with E-state index in [9.17, 15) is 4.79 Å². The summed E-state index contributed by atoms with van der Waals surface area (Å²) in [4.78, 5) is 17.5. The smallest absolute Gasteiger partial charge is 0.232 e. The molecule has 16 heavy (non-hydrogen) atoms. The Morgan fingerprint density at radius 1 is 1.69 bits per heavy atom. The van der Waals surface area contributed by atoms with Crippen LogP contribution in [0.25, 0.3) is 0 Å². The van der Waals surface area contributed by atoms with Gasteiger partial charge in [0.1, 0.15) is 0 Å². The molecule has 0 spiro atoms. The van der Waals surface area contributed by atoms with Crippen LogP contribution in [0.3, 0.4) is 0 Å². The second-order valence-corrected chi connectivity index (χ2v) is 3.89.